The molecule has 0 atom stereocenters. The van der Waals surface area contributed by atoms with Crippen molar-refractivity contribution in [1.29, 1.82) is 0 Å². The number of aliphatic carboxylic acids is 3. The molecule has 0 heterocycles. The van der Waals surface area contributed by atoms with E-state index in [1.165, 1.54) is 38.5 Å². The third kappa shape index (κ3) is 84.7. The number of rotatable bonds is 47. The molecule has 0 spiro atoms. The van der Waals surface area contributed by atoms with Crippen molar-refractivity contribution < 1.29 is 70.6 Å². The Balaban J connectivity index is -0.000000182. The summed E-state index contributed by atoms with van der Waals surface area (Å²) >= 11 is 0. The standard InChI is InChI=1S/C11H20O4.C11H22O2.4C8H19NO2/c12-10(13)8-6-4-2-1-3-5-7-9-11(14)15;1-2-3-4-5-6-7-8-9-10-11(12)13;4*1-2-3-4-9(5-7-10)6-8-11/h1-9H2,(H,12,13)(H,14,15);2-10H2,1H3,(H,12,13);4*10-11H,2-8H2,1H3. The van der Waals surface area contributed by atoms with Crippen molar-refractivity contribution in [2.45, 2.75) is 202 Å². The van der Waals surface area contributed by atoms with Gasteiger partial charge in [0.25, 0.3) is 0 Å². The van der Waals surface area contributed by atoms with Gasteiger partial charge in [0.15, 0.2) is 0 Å². The molecule has 72 heavy (non-hydrogen) atoms. The molecule has 11 N–H and O–H groups in total. The van der Waals surface area contributed by atoms with Gasteiger partial charge in [0, 0.05) is 71.6 Å². The van der Waals surface area contributed by atoms with Crippen LogP contribution in [-0.2, 0) is 14.4 Å². The van der Waals surface area contributed by atoms with Crippen LogP contribution in [0.1, 0.15) is 202 Å². The molecular weight excluding hydrogens is 929 g/mol. The Kier molecular flexibility index (Phi) is 85.2. The minimum Gasteiger partial charge on any atom is -0.481 e. The number of aliphatic hydroxyl groups is 8. The maximum atomic E-state index is 10.2. The van der Waals surface area contributed by atoms with Gasteiger partial charge in [-0.05, 0) is 71.1 Å². The van der Waals surface area contributed by atoms with E-state index >= 15 is 0 Å². The van der Waals surface area contributed by atoms with Crippen LogP contribution in [0.3, 0.4) is 0 Å². The van der Waals surface area contributed by atoms with E-state index < -0.39 is 17.9 Å². The van der Waals surface area contributed by atoms with E-state index in [4.69, 9.17) is 56.2 Å². The molecule has 0 unspecified atom stereocenters. The van der Waals surface area contributed by atoms with Crippen LogP contribution in [0.25, 0.3) is 0 Å². The number of carboxylic acid groups (broad SMARTS) is 3. The zero-order chi connectivity index (χ0) is 55.6. The summed E-state index contributed by atoms with van der Waals surface area (Å²) in [6.45, 7) is 21.6. The average molecular weight is 1050 g/mol. The predicted octanol–water partition coefficient (Wildman–Crippen LogP) is 6.56. The topological polar surface area (TPSA) is 287 Å². The minimum atomic E-state index is -0.726. The van der Waals surface area contributed by atoms with Crippen LogP contribution >= 0.6 is 0 Å². The molecule has 0 amide bonds. The van der Waals surface area contributed by atoms with Crippen LogP contribution in [0.2, 0.25) is 0 Å². The molecule has 0 aromatic heterocycles. The number of unbranched alkanes of at least 4 members (excludes halogenated alkanes) is 17. The van der Waals surface area contributed by atoms with E-state index in [1.54, 1.807) is 0 Å². The first-order valence-corrected chi connectivity index (χ1v) is 28.2. The van der Waals surface area contributed by atoms with Gasteiger partial charge < -0.3 is 56.2 Å². The summed E-state index contributed by atoms with van der Waals surface area (Å²) in [5.74, 6) is -2.11. The van der Waals surface area contributed by atoms with Crippen LogP contribution in [0.15, 0.2) is 0 Å². The molecule has 0 fully saturated rings. The molecule has 18 heteroatoms. The molecule has 438 valence electrons. The summed E-state index contributed by atoms with van der Waals surface area (Å²) < 4.78 is 0. The van der Waals surface area contributed by atoms with E-state index in [9.17, 15) is 14.4 Å². The van der Waals surface area contributed by atoms with Crippen molar-refractivity contribution in [3.8, 4) is 0 Å². The number of aliphatic hydroxyl groups excluding tert-OH is 8. The fourth-order valence-corrected chi connectivity index (χ4v) is 6.85. The van der Waals surface area contributed by atoms with E-state index in [-0.39, 0.29) is 65.7 Å². The van der Waals surface area contributed by atoms with Gasteiger partial charge in [0.1, 0.15) is 0 Å². The minimum absolute atomic E-state index is 0.184. The molecule has 0 saturated heterocycles. The van der Waals surface area contributed by atoms with Crippen molar-refractivity contribution in [1.82, 2.24) is 19.6 Å². The van der Waals surface area contributed by atoms with Crippen molar-refractivity contribution in [2.24, 2.45) is 0 Å². The molecular formula is C54H118N4O14. The smallest absolute Gasteiger partial charge is 0.303 e. The average Bonchev–Trinajstić information content (AvgIpc) is 3.35. The summed E-state index contributed by atoms with van der Waals surface area (Å²) in [6, 6.07) is 0. The second-order valence-corrected chi connectivity index (χ2v) is 18.0. The molecule has 0 radical (unpaired) electrons. The third-order valence-corrected chi connectivity index (χ3v) is 11.2. The number of nitrogens with zero attached hydrogens (tertiary/aromatic N) is 4. The predicted molar refractivity (Wildman–Crippen MR) is 294 cm³/mol. The number of carbonyl (C=O) groups is 3. The normalized spacial score (nSPS) is 10.6. The highest BCUT2D eigenvalue weighted by molar-refractivity contribution is 5.67. The quantitative estimate of drug-likeness (QED) is 0.0288. The maximum absolute atomic E-state index is 10.2. The largest absolute Gasteiger partial charge is 0.481 e. The molecule has 0 aliphatic carbocycles. The van der Waals surface area contributed by atoms with Crippen molar-refractivity contribution >= 4 is 17.9 Å². The van der Waals surface area contributed by atoms with Crippen LogP contribution < -0.4 is 0 Å². The monoisotopic (exact) mass is 1050 g/mol. The molecule has 0 aromatic rings. The Bertz CT molecular complexity index is 886. The van der Waals surface area contributed by atoms with Gasteiger partial charge in [0.2, 0.25) is 0 Å². The van der Waals surface area contributed by atoms with Crippen molar-refractivity contribution in [2.75, 3.05) is 131 Å². The zero-order valence-corrected chi connectivity index (χ0v) is 47.0. The van der Waals surface area contributed by atoms with Gasteiger partial charge in [-0.15, -0.1) is 0 Å². The van der Waals surface area contributed by atoms with Gasteiger partial charge in [0.05, 0.1) is 52.9 Å². The van der Waals surface area contributed by atoms with Crippen molar-refractivity contribution in [3.05, 3.63) is 0 Å². The van der Waals surface area contributed by atoms with Gasteiger partial charge in [-0.3, -0.25) is 34.0 Å². The Hall–Kier alpha value is -2.07. The third-order valence-electron chi connectivity index (χ3n) is 11.2. The Labute approximate surface area is 439 Å². The summed E-state index contributed by atoms with van der Waals surface area (Å²) in [5.41, 5.74) is 0. The lowest BCUT2D eigenvalue weighted by Crippen LogP contribution is -2.30. The van der Waals surface area contributed by atoms with Gasteiger partial charge in [-0.2, -0.15) is 0 Å². The van der Waals surface area contributed by atoms with Crippen molar-refractivity contribution in [3.63, 3.8) is 0 Å². The SMILES string of the molecule is CCCCCCCCCCC(=O)O.CCCCN(CCO)CCO.CCCCN(CCO)CCO.CCCCN(CCO)CCO.CCCCN(CCO)CCO.O=C(O)CCCCCCCCCC(=O)O. The first kappa shape index (κ1) is 81.3. The lowest BCUT2D eigenvalue weighted by atomic mass is 10.1. The molecule has 0 aliphatic heterocycles. The van der Waals surface area contributed by atoms with Gasteiger partial charge in [-0.1, -0.05) is 137 Å². The Morgan fingerprint density at radius 1 is 0.236 bits per heavy atom. The van der Waals surface area contributed by atoms with Crippen LogP contribution in [0.4, 0.5) is 0 Å². The second kappa shape index (κ2) is 75.4. The summed E-state index contributed by atoms with van der Waals surface area (Å²) in [7, 11) is 0. The second-order valence-electron chi connectivity index (χ2n) is 18.0. The lowest BCUT2D eigenvalue weighted by Gasteiger charge is -2.19. The van der Waals surface area contributed by atoms with Crippen LogP contribution in [0, 0.1) is 0 Å². The highest BCUT2D eigenvalue weighted by Crippen LogP contribution is 2.10. The molecule has 0 aliphatic rings. The first-order chi connectivity index (χ1) is 34.8. The highest BCUT2D eigenvalue weighted by atomic mass is 16.4. The number of carboxylic acids is 3. The summed E-state index contributed by atoms with van der Waals surface area (Å²) in [6.07, 6.45) is 26.4. The fourth-order valence-electron chi connectivity index (χ4n) is 6.85. The van der Waals surface area contributed by atoms with Crippen LogP contribution in [0.5, 0.6) is 0 Å². The molecule has 0 aromatic carbocycles. The molecule has 0 bridgehead atoms. The first-order valence-electron chi connectivity index (χ1n) is 28.2. The van der Waals surface area contributed by atoms with Gasteiger partial charge >= 0.3 is 17.9 Å². The Morgan fingerprint density at radius 3 is 0.528 bits per heavy atom. The summed E-state index contributed by atoms with van der Waals surface area (Å²) in [5, 5.41) is 94.3. The molecule has 0 rings (SSSR count). The molecule has 0 saturated carbocycles. The van der Waals surface area contributed by atoms with E-state index in [0.29, 0.717) is 58.8 Å². The Morgan fingerprint density at radius 2 is 0.389 bits per heavy atom. The van der Waals surface area contributed by atoms with E-state index in [0.717, 1.165) is 135 Å². The van der Waals surface area contributed by atoms with E-state index in [1.807, 2.05) is 0 Å². The molecule has 18 nitrogen and oxygen atoms in total. The fraction of sp³-hybridized carbons (Fsp3) is 0.944. The summed E-state index contributed by atoms with van der Waals surface area (Å²) in [4.78, 5) is 38.8. The zero-order valence-electron chi connectivity index (χ0n) is 47.0. The maximum Gasteiger partial charge on any atom is 0.303 e. The number of hydrogen-bond donors (Lipinski definition) is 11. The highest BCUT2D eigenvalue weighted by Gasteiger charge is 2.04. The lowest BCUT2D eigenvalue weighted by molar-refractivity contribution is -0.138. The van der Waals surface area contributed by atoms with Crippen LogP contribution in [-0.4, -0.2) is 225 Å². The number of hydrogen-bond acceptors (Lipinski definition) is 15. The van der Waals surface area contributed by atoms with E-state index in [2.05, 4.69) is 54.2 Å². The van der Waals surface area contributed by atoms with Gasteiger partial charge in [-0.25, -0.2) is 0 Å².